The van der Waals surface area contributed by atoms with E-state index in [1.165, 1.54) is 67.9 Å². The minimum atomic E-state index is -4.76. The van der Waals surface area contributed by atoms with Crippen LogP contribution in [0.4, 0.5) is 13.2 Å². The lowest BCUT2D eigenvalue weighted by Gasteiger charge is -2.58. The minimum absolute atomic E-state index is 0.181. The molecule has 2 aromatic rings. The summed E-state index contributed by atoms with van der Waals surface area (Å²) in [5.74, 6) is -1.60. The van der Waals surface area contributed by atoms with Crippen molar-refractivity contribution in [1.82, 2.24) is 0 Å². The van der Waals surface area contributed by atoms with Crippen LogP contribution in [-0.2, 0) is 10.2 Å². The average molecular weight is 549 g/mol. The van der Waals surface area contributed by atoms with Crippen molar-refractivity contribution >= 4 is 5.97 Å². The van der Waals surface area contributed by atoms with Gasteiger partial charge in [0.2, 0.25) is 0 Å². The molecule has 0 radical (unpaired) electrons. The molecule has 2 saturated carbocycles. The molecule has 7 heteroatoms. The number of alkyl halides is 3. The third kappa shape index (κ3) is 6.55. The van der Waals surface area contributed by atoms with Crippen LogP contribution in [0.3, 0.4) is 0 Å². The van der Waals surface area contributed by atoms with Gasteiger partial charge >= 0.3 is 12.1 Å². The zero-order valence-corrected chi connectivity index (χ0v) is 24.2. The number of carboxylic acid groups (broad SMARTS) is 1. The maximum absolute atomic E-state index is 12.3. The van der Waals surface area contributed by atoms with Gasteiger partial charge in [0, 0.05) is 11.6 Å². The van der Waals surface area contributed by atoms with E-state index >= 15 is 0 Å². The molecule has 0 aliphatic heterocycles. The van der Waals surface area contributed by atoms with Crippen LogP contribution in [0.15, 0.2) is 42.5 Å². The first-order valence-corrected chi connectivity index (χ1v) is 13.7. The smallest absolute Gasteiger partial charge is 0.406 e. The molecule has 216 valence electrons. The molecule has 2 aromatic carbocycles. The lowest BCUT2D eigenvalue weighted by Crippen LogP contribution is -2.49. The molecule has 4 rings (SSSR count). The van der Waals surface area contributed by atoms with Crippen LogP contribution in [0.1, 0.15) is 88.8 Å². The summed E-state index contributed by atoms with van der Waals surface area (Å²) >= 11 is 0. The molecule has 2 fully saturated rings. The molecule has 39 heavy (non-hydrogen) atoms. The second-order valence-electron chi connectivity index (χ2n) is 12.6. The number of methoxy groups -OCH3 is 2. The molecule has 0 aromatic heterocycles. The summed E-state index contributed by atoms with van der Waals surface area (Å²) in [7, 11) is 3.52. The van der Waals surface area contributed by atoms with Crippen LogP contribution in [0.5, 0.6) is 11.5 Å². The Morgan fingerprint density at radius 1 is 1.00 bits per heavy atom. The van der Waals surface area contributed by atoms with Gasteiger partial charge in [0.05, 0.1) is 14.2 Å². The number of fused-ring (bicyclic) bond motifs is 1. The first-order chi connectivity index (χ1) is 18.1. The normalized spacial score (nSPS) is 26.9. The number of aliphatic carboxylic acids is 1. The van der Waals surface area contributed by atoms with Crippen LogP contribution < -0.4 is 9.47 Å². The summed E-state index contributed by atoms with van der Waals surface area (Å²) in [4.78, 5) is 10.4. The van der Waals surface area contributed by atoms with Crippen LogP contribution in [0.2, 0.25) is 0 Å². The average Bonchev–Trinajstić information content (AvgIpc) is 2.82. The highest BCUT2D eigenvalue weighted by atomic mass is 19.4. The number of ether oxygens (including phenoxy) is 2. The van der Waals surface area contributed by atoms with E-state index in [4.69, 9.17) is 14.6 Å². The van der Waals surface area contributed by atoms with E-state index in [2.05, 4.69) is 46.8 Å². The number of carbonyl (C=O) groups is 1. The fraction of sp³-hybridized carbons (Fsp3) is 0.594. The molecule has 0 saturated heterocycles. The molecule has 0 spiro atoms. The molecule has 1 unspecified atom stereocenters. The monoisotopic (exact) mass is 548 g/mol. The van der Waals surface area contributed by atoms with Gasteiger partial charge in [-0.1, -0.05) is 64.4 Å². The van der Waals surface area contributed by atoms with E-state index in [9.17, 15) is 18.0 Å². The largest absolute Gasteiger partial charge is 0.497 e. The Labute approximate surface area is 230 Å². The lowest BCUT2D eigenvalue weighted by atomic mass is 9.47. The van der Waals surface area contributed by atoms with E-state index in [1.807, 2.05) is 0 Å². The van der Waals surface area contributed by atoms with Gasteiger partial charge in [0.15, 0.2) is 5.92 Å². The Bertz CT molecular complexity index is 1140. The molecule has 4 nitrogen and oxygen atoms in total. The van der Waals surface area contributed by atoms with Gasteiger partial charge in [-0.05, 0) is 78.4 Å². The maximum Gasteiger partial charge on any atom is 0.406 e. The predicted octanol–water partition coefficient (Wildman–Crippen LogP) is 8.70. The molecule has 2 aliphatic rings. The number of hydrogen-bond acceptors (Lipinski definition) is 3. The fourth-order valence-corrected chi connectivity index (χ4v) is 7.74. The second-order valence-corrected chi connectivity index (χ2v) is 12.6. The van der Waals surface area contributed by atoms with Gasteiger partial charge in [-0.3, -0.25) is 4.79 Å². The zero-order chi connectivity index (χ0) is 29.2. The third-order valence-electron chi connectivity index (χ3n) is 9.17. The van der Waals surface area contributed by atoms with Crippen molar-refractivity contribution in [2.45, 2.75) is 90.7 Å². The lowest BCUT2D eigenvalue weighted by molar-refractivity contribution is -0.176. The molecule has 0 heterocycles. The number of halogens is 3. The van der Waals surface area contributed by atoms with Crippen molar-refractivity contribution in [1.29, 1.82) is 0 Å². The summed E-state index contributed by atoms with van der Waals surface area (Å²) in [5.41, 5.74) is 3.54. The van der Waals surface area contributed by atoms with Crippen LogP contribution in [-0.4, -0.2) is 31.5 Å². The third-order valence-corrected chi connectivity index (χ3v) is 9.17. The number of benzene rings is 2. The number of hydrogen-bond donors (Lipinski definition) is 1. The van der Waals surface area contributed by atoms with E-state index in [0.29, 0.717) is 10.8 Å². The Morgan fingerprint density at radius 2 is 1.64 bits per heavy atom. The molecule has 1 N–H and O–H groups in total. The predicted molar refractivity (Wildman–Crippen MR) is 148 cm³/mol. The van der Waals surface area contributed by atoms with Crippen molar-refractivity contribution in [2.24, 2.45) is 16.7 Å². The van der Waals surface area contributed by atoms with Gasteiger partial charge in [0.1, 0.15) is 11.5 Å². The van der Waals surface area contributed by atoms with Gasteiger partial charge in [0.25, 0.3) is 0 Å². The molecule has 0 amide bonds. The summed E-state index contributed by atoms with van der Waals surface area (Å²) in [6, 6.07) is 10.8. The Kier molecular flexibility index (Phi) is 9.03. The topological polar surface area (TPSA) is 55.8 Å². The van der Waals surface area contributed by atoms with Crippen molar-refractivity contribution < 1.29 is 32.5 Å². The SMILES string of the molecule is COc1cc(C)c([C@@]2(C)CC[C@@H]3C(C)(C)CCC[C@@]3(C)C2)c(OC)c1.O=C(O)C(c1ccccc1)C(F)(F)F. The molecular weight excluding hydrogens is 505 g/mol. The summed E-state index contributed by atoms with van der Waals surface area (Å²) < 4.78 is 48.1. The summed E-state index contributed by atoms with van der Waals surface area (Å²) in [6.07, 6.45) is 3.21. The van der Waals surface area contributed by atoms with E-state index < -0.39 is 18.1 Å². The Morgan fingerprint density at radius 3 is 2.18 bits per heavy atom. The number of aryl methyl sites for hydroxylation is 1. The molecule has 4 atom stereocenters. The van der Waals surface area contributed by atoms with Crippen molar-refractivity contribution in [3.63, 3.8) is 0 Å². The number of carboxylic acids is 1. The van der Waals surface area contributed by atoms with Gasteiger partial charge in [-0.15, -0.1) is 0 Å². The number of rotatable bonds is 5. The van der Waals surface area contributed by atoms with Crippen LogP contribution >= 0.6 is 0 Å². The van der Waals surface area contributed by atoms with Gasteiger partial charge in [-0.25, -0.2) is 0 Å². The van der Waals surface area contributed by atoms with E-state index in [0.717, 1.165) is 29.5 Å². The zero-order valence-electron chi connectivity index (χ0n) is 24.2. The highest BCUT2D eigenvalue weighted by Gasteiger charge is 2.53. The second kappa shape index (κ2) is 11.4. The first kappa shape index (κ1) is 30.8. The molecule has 0 bridgehead atoms. The van der Waals surface area contributed by atoms with Crippen molar-refractivity contribution in [2.75, 3.05) is 14.2 Å². The van der Waals surface area contributed by atoms with Crippen LogP contribution in [0.25, 0.3) is 0 Å². The highest BCUT2D eigenvalue weighted by molar-refractivity contribution is 5.77. The van der Waals surface area contributed by atoms with Crippen molar-refractivity contribution in [3.8, 4) is 11.5 Å². The van der Waals surface area contributed by atoms with E-state index in [-0.39, 0.29) is 11.0 Å². The Balaban J connectivity index is 0.000000255. The van der Waals surface area contributed by atoms with Gasteiger partial charge in [-0.2, -0.15) is 13.2 Å². The minimum Gasteiger partial charge on any atom is -0.497 e. The van der Waals surface area contributed by atoms with Crippen molar-refractivity contribution in [3.05, 3.63) is 59.2 Å². The molecule has 2 aliphatic carbocycles. The first-order valence-electron chi connectivity index (χ1n) is 13.7. The van der Waals surface area contributed by atoms with Crippen LogP contribution in [0, 0.1) is 23.7 Å². The fourth-order valence-electron chi connectivity index (χ4n) is 7.74. The standard InChI is InChI=1S/C23H36O2.C9H7F3O2/c1-16-13-17(24-6)14-18(25-7)20(16)23(5)12-9-19-21(2,3)10-8-11-22(19,4)15-23;10-9(11,12)7(8(13)14)6-4-2-1-3-5-6/h13-14,19H,8-12,15H2,1-7H3;1-5,7H,(H,13,14)/t19-,22+,23+;/m1./s1. The molecular formula is C32H43F3O4. The highest BCUT2D eigenvalue weighted by Crippen LogP contribution is 2.62. The summed E-state index contributed by atoms with van der Waals surface area (Å²) in [6.45, 7) is 12.2. The van der Waals surface area contributed by atoms with E-state index in [1.54, 1.807) is 14.2 Å². The Hall–Kier alpha value is -2.70. The maximum atomic E-state index is 12.3. The van der Waals surface area contributed by atoms with Gasteiger partial charge < -0.3 is 14.6 Å². The quantitative estimate of drug-likeness (QED) is 0.406. The summed E-state index contributed by atoms with van der Waals surface area (Å²) in [5, 5.41) is 8.44.